The van der Waals surface area contributed by atoms with Crippen LogP contribution in [0.3, 0.4) is 0 Å². The van der Waals surface area contributed by atoms with Gasteiger partial charge in [0.2, 0.25) is 6.79 Å². The van der Waals surface area contributed by atoms with Gasteiger partial charge in [0.15, 0.2) is 17.6 Å². The molecule has 0 unspecified atom stereocenters. The van der Waals surface area contributed by atoms with Gasteiger partial charge in [0.05, 0.1) is 12.6 Å². The SMILES string of the molecule is CCOC(=O)[C@@H](O)[C@@H](NC(=O)c1ccccc1)c1ccc2c(c1)OCO2. The predicted octanol–water partition coefficient (Wildman–Crippen LogP) is 1.81. The van der Waals surface area contributed by atoms with E-state index in [4.69, 9.17) is 14.2 Å². The van der Waals surface area contributed by atoms with Gasteiger partial charge in [-0.15, -0.1) is 0 Å². The van der Waals surface area contributed by atoms with Gasteiger partial charge in [-0.2, -0.15) is 0 Å². The third-order valence-electron chi connectivity index (χ3n) is 3.92. The molecular formula is C19H19NO6. The molecule has 1 heterocycles. The standard InChI is InChI=1S/C19H19NO6/c1-2-24-19(23)17(21)16(20-18(22)12-6-4-3-5-7-12)13-8-9-14-15(10-13)26-11-25-14/h3-10,16-17,21H,2,11H2,1H3,(H,20,22)/t16-,17-/m0/s1. The summed E-state index contributed by atoms with van der Waals surface area (Å²) in [6, 6.07) is 12.5. The Kier molecular flexibility index (Phi) is 5.38. The van der Waals surface area contributed by atoms with Crippen molar-refractivity contribution in [3.63, 3.8) is 0 Å². The highest BCUT2D eigenvalue weighted by atomic mass is 16.7. The van der Waals surface area contributed by atoms with Gasteiger partial charge in [0, 0.05) is 5.56 Å². The Balaban J connectivity index is 1.88. The lowest BCUT2D eigenvalue weighted by Crippen LogP contribution is -2.41. The van der Waals surface area contributed by atoms with E-state index in [-0.39, 0.29) is 13.4 Å². The molecule has 0 spiro atoms. The second-order valence-electron chi connectivity index (χ2n) is 5.63. The Labute approximate surface area is 150 Å². The fraction of sp³-hybridized carbons (Fsp3) is 0.263. The molecule has 2 atom stereocenters. The van der Waals surface area contributed by atoms with Crippen molar-refractivity contribution in [3.8, 4) is 11.5 Å². The maximum Gasteiger partial charge on any atom is 0.337 e. The van der Waals surface area contributed by atoms with Crippen molar-refractivity contribution in [2.75, 3.05) is 13.4 Å². The van der Waals surface area contributed by atoms with Crippen molar-refractivity contribution in [2.45, 2.75) is 19.1 Å². The Hall–Kier alpha value is -3.06. The van der Waals surface area contributed by atoms with Gasteiger partial charge in [-0.1, -0.05) is 24.3 Å². The minimum atomic E-state index is -1.57. The molecule has 2 aromatic carbocycles. The first-order valence-corrected chi connectivity index (χ1v) is 8.20. The van der Waals surface area contributed by atoms with Crippen molar-refractivity contribution in [2.24, 2.45) is 0 Å². The number of aliphatic hydroxyl groups is 1. The Morgan fingerprint density at radius 3 is 2.62 bits per heavy atom. The van der Waals surface area contributed by atoms with E-state index in [1.54, 1.807) is 55.5 Å². The van der Waals surface area contributed by atoms with E-state index in [9.17, 15) is 14.7 Å². The van der Waals surface area contributed by atoms with E-state index in [0.29, 0.717) is 22.6 Å². The number of rotatable bonds is 6. The molecule has 0 aliphatic carbocycles. The predicted molar refractivity (Wildman–Crippen MR) is 91.9 cm³/mol. The average molecular weight is 357 g/mol. The largest absolute Gasteiger partial charge is 0.464 e. The van der Waals surface area contributed by atoms with Crippen LogP contribution in [0, 0.1) is 0 Å². The highest BCUT2D eigenvalue weighted by molar-refractivity contribution is 5.94. The van der Waals surface area contributed by atoms with Crippen LogP contribution in [0.25, 0.3) is 0 Å². The smallest absolute Gasteiger partial charge is 0.337 e. The van der Waals surface area contributed by atoms with Crippen LogP contribution >= 0.6 is 0 Å². The zero-order valence-electron chi connectivity index (χ0n) is 14.2. The molecule has 3 rings (SSSR count). The van der Waals surface area contributed by atoms with Crippen LogP contribution in [0.4, 0.5) is 0 Å². The molecule has 7 heteroatoms. The molecule has 0 fully saturated rings. The average Bonchev–Trinajstić information content (AvgIpc) is 3.14. The first kappa shape index (κ1) is 17.8. The van der Waals surface area contributed by atoms with Gasteiger partial charge in [-0.25, -0.2) is 4.79 Å². The molecule has 7 nitrogen and oxygen atoms in total. The highest BCUT2D eigenvalue weighted by Crippen LogP contribution is 2.35. The lowest BCUT2D eigenvalue weighted by Gasteiger charge is -2.23. The van der Waals surface area contributed by atoms with E-state index in [2.05, 4.69) is 5.32 Å². The highest BCUT2D eigenvalue weighted by Gasteiger charge is 2.31. The first-order valence-electron chi connectivity index (χ1n) is 8.20. The summed E-state index contributed by atoms with van der Waals surface area (Å²) in [6.07, 6.45) is -1.57. The number of fused-ring (bicyclic) bond motifs is 1. The van der Waals surface area contributed by atoms with E-state index < -0.39 is 24.0 Å². The minimum absolute atomic E-state index is 0.0975. The second kappa shape index (κ2) is 7.88. The van der Waals surface area contributed by atoms with E-state index >= 15 is 0 Å². The van der Waals surface area contributed by atoms with Crippen LogP contribution in [0.5, 0.6) is 11.5 Å². The van der Waals surface area contributed by atoms with Crippen LogP contribution in [-0.2, 0) is 9.53 Å². The summed E-state index contributed by atoms with van der Waals surface area (Å²) in [5.41, 5.74) is 0.911. The fourth-order valence-electron chi connectivity index (χ4n) is 2.63. The Morgan fingerprint density at radius 2 is 1.88 bits per heavy atom. The Bertz CT molecular complexity index is 792. The summed E-state index contributed by atoms with van der Waals surface area (Å²) in [5.74, 6) is -0.190. The topological polar surface area (TPSA) is 94.1 Å². The van der Waals surface area contributed by atoms with Crippen LogP contribution in [0.15, 0.2) is 48.5 Å². The summed E-state index contributed by atoms with van der Waals surface area (Å²) in [7, 11) is 0. The minimum Gasteiger partial charge on any atom is -0.464 e. The third kappa shape index (κ3) is 3.78. The van der Waals surface area contributed by atoms with Gasteiger partial charge >= 0.3 is 5.97 Å². The van der Waals surface area contributed by atoms with Gasteiger partial charge in [0.25, 0.3) is 5.91 Å². The molecule has 1 amide bonds. The van der Waals surface area contributed by atoms with Gasteiger partial charge < -0.3 is 24.6 Å². The second-order valence-corrected chi connectivity index (χ2v) is 5.63. The lowest BCUT2D eigenvalue weighted by molar-refractivity contribution is -0.154. The zero-order valence-corrected chi connectivity index (χ0v) is 14.2. The number of nitrogens with one attached hydrogen (secondary N) is 1. The number of benzene rings is 2. The van der Waals surface area contributed by atoms with Gasteiger partial charge in [-0.3, -0.25) is 4.79 Å². The number of carbonyl (C=O) groups excluding carboxylic acids is 2. The van der Waals surface area contributed by atoms with E-state index in [0.717, 1.165) is 0 Å². The number of amides is 1. The maximum atomic E-state index is 12.5. The van der Waals surface area contributed by atoms with Crippen molar-refractivity contribution >= 4 is 11.9 Å². The third-order valence-corrected chi connectivity index (χ3v) is 3.92. The first-order chi connectivity index (χ1) is 12.6. The summed E-state index contributed by atoms with van der Waals surface area (Å²) in [4.78, 5) is 24.5. The van der Waals surface area contributed by atoms with Crippen LogP contribution in [-0.4, -0.2) is 36.5 Å². The lowest BCUT2D eigenvalue weighted by atomic mass is 10.00. The summed E-state index contributed by atoms with van der Waals surface area (Å²) >= 11 is 0. The molecule has 0 saturated carbocycles. The van der Waals surface area contributed by atoms with E-state index in [1.807, 2.05) is 0 Å². The van der Waals surface area contributed by atoms with Crippen molar-refractivity contribution < 1.29 is 28.9 Å². The number of carbonyl (C=O) groups is 2. The summed E-state index contributed by atoms with van der Waals surface area (Å²) in [6.45, 7) is 1.86. The van der Waals surface area contributed by atoms with Crippen LogP contribution in [0.1, 0.15) is 28.9 Å². The van der Waals surface area contributed by atoms with Crippen molar-refractivity contribution in [1.29, 1.82) is 0 Å². The number of ether oxygens (including phenoxy) is 3. The van der Waals surface area contributed by atoms with Gasteiger partial charge in [-0.05, 0) is 36.8 Å². The summed E-state index contributed by atoms with van der Waals surface area (Å²) in [5, 5.41) is 13.1. The zero-order chi connectivity index (χ0) is 18.5. The molecule has 2 aromatic rings. The molecule has 0 aromatic heterocycles. The van der Waals surface area contributed by atoms with Crippen molar-refractivity contribution in [3.05, 3.63) is 59.7 Å². The fourth-order valence-corrected chi connectivity index (χ4v) is 2.63. The molecule has 1 aliphatic heterocycles. The van der Waals surface area contributed by atoms with E-state index in [1.165, 1.54) is 0 Å². The molecule has 0 saturated heterocycles. The number of hydrogen-bond donors (Lipinski definition) is 2. The molecule has 0 radical (unpaired) electrons. The number of hydrogen-bond acceptors (Lipinski definition) is 6. The van der Waals surface area contributed by atoms with Crippen LogP contribution in [0.2, 0.25) is 0 Å². The molecular weight excluding hydrogens is 338 g/mol. The number of esters is 1. The molecule has 136 valence electrons. The summed E-state index contributed by atoms with van der Waals surface area (Å²) < 4.78 is 15.5. The van der Waals surface area contributed by atoms with Crippen molar-refractivity contribution in [1.82, 2.24) is 5.32 Å². The maximum absolute atomic E-state index is 12.5. The number of aliphatic hydroxyl groups excluding tert-OH is 1. The van der Waals surface area contributed by atoms with Gasteiger partial charge in [0.1, 0.15) is 0 Å². The normalized spacial score (nSPS) is 14.4. The molecule has 26 heavy (non-hydrogen) atoms. The monoisotopic (exact) mass is 357 g/mol. The Morgan fingerprint density at radius 1 is 1.15 bits per heavy atom. The quantitative estimate of drug-likeness (QED) is 0.766. The van der Waals surface area contributed by atoms with Crippen LogP contribution < -0.4 is 14.8 Å². The molecule has 2 N–H and O–H groups in total. The molecule has 0 bridgehead atoms. The molecule has 1 aliphatic rings.